The zero-order valence-corrected chi connectivity index (χ0v) is 19.5. The van der Waals surface area contributed by atoms with Gasteiger partial charge in [-0.15, -0.1) is 11.3 Å². The molecule has 0 spiro atoms. The molecule has 0 aliphatic carbocycles. The molecule has 0 atom stereocenters. The molecule has 2 N–H and O–H groups in total. The second kappa shape index (κ2) is 10.6. The SMILES string of the molecule is CC.CC.Cc1nc(-c2cccc(Nc3cccn4c(-c5cn[nH]c5)ccc34)c2)cs1. The van der Waals surface area contributed by atoms with E-state index in [0.717, 1.165) is 44.4 Å². The first-order valence-corrected chi connectivity index (χ1v) is 11.5. The van der Waals surface area contributed by atoms with Crippen LogP contribution < -0.4 is 5.32 Å². The number of hydrogen-bond acceptors (Lipinski definition) is 4. The van der Waals surface area contributed by atoms with Crippen molar-refractivity contribution in [1.82, 2.24) is 19.6 Å². The van der Waals surface area contributed by atoms with Crippen molar-refractivity contribution in [1.29, 1.82) is 0 Å². The van der Waals surface area contributed by atoms with Crippen molar-refractivity contribution < 1.29 is 0 Å². The fourth-order valence-electron chi connectivity index (χ4n) is 3.28. The van der Waals surface area contributed by atoms with Crippen LogP contribution in [0.4, 0.5) is 11.4 Å². The van der Waals surface area contributed by atoms with Gasteiger partial charge in [0.15, 0.2) is 0 Å². The summed E-state index contributed by atoms with van der Waals surface area (Å²) in [4.78, 5) is 4.59. The molecule has 0 unspecified atom stereocenters. The highest BCUT2D eigenvalue weighted by molar-refractivity contribution is 7.09. The van der Waals surface area contributed by atoms with Crippen LogP contribution in [-0.2, 0) is 0 Å². The van der Waals surface area contributed by atoms with Gasteiger partial charge < -0.3 is 9.72 Å². The summed E-state index contributed by atoms with van der Waals surface area (Å²) in [5.41, 5.74) is 7.51. The maximum atomic E-state index is 4.59. The lowest BCUT2D eigenvalue weighted by Crippen LogP contribution is -1.95. The van der Waals surface area contributed by atoms with Crippen molar-refractivity contribution in [2.75, 3.05) is 5.32 Å². The molecule has 4 aromatic heterocycles. The van der Waals surface area contributed by atoms with Gasteiger partial charge >= 0.3 is 0 Å². The molecule has 160 valence electrons. The molecule has 0 aliphatic rings. The first-order chi connectivity index (χ1) is 15.3. The molecule has 1 aromatic carbocycles. The fraction of sp³-hybridized carbons (Fsp3) is 0.200. The van der Waals surface area contributed by atoms with E-state index in [1.807, 2.05) is 53.1 Å². The summed E-state index contributed by atoms with van der Waals surface area (Å²) in [6.07, 6.45) is 5.81. The third kappa shape index (κ3) is 4.86. The maximum absolute atomic E-state index is 4.59. The van der Waals surface area contributed by atoms with E-state index in [-0.39, 0.29) is 0 Å². The van der Waals surface area contributed by atoms with Gasteiger partial charge in [0.25, 0.3) is 0 Å². The number of aromatic amines is 1. The normalized spacial score (nSPS) is 10.1. The van der Waals surface area contributed by atoms with Crippen molar-refractivity contribution in [2.45, 2.75) is 34.6 Å². The molecule has 0 aliphatic heterocycles. The smallest absolute Gasteiger partial charge is 0.0901 e. The maximum Gasteiger partial charge on any atom is 0.0901 e. The van der Waals surface area contributed by atoms with Crippen LogP contribution >= 0.6 is 11.3 Å². The molecule has 0 radical (unpaired) electrons. The van der Waals surface area contributed by atoms with Gasteiger partial charge in [-0.2, -0.15) is 5.10 Å². The highest BCUT2D eigenvalue weighted by Gasteiger charge is 2.09. The Morgan fingerprint density at radius 2 is 1.81 bits per heavy atom. The van der Waals surface area contributed by atoms with E-state index in [2.05, 4.69) is 78.9 Å². The fourth-order valence-corrected chi connectivity index (χ4v) is 3.90. The predicted octanol–water partition coefficient (Wildman–Crippen LogP) is 7.56. The van der Waals surface area contributed by atoms with Crippen LogP contribution in [0.5, 0.6) is 0 Å². The summed E-state index contributed by atoms with van der Waals surface area (Å²) in [6.45, 7) is 10.0. The van der Waals surface area contributed by atoms with Crippen LogP contribution in [0.2, 0.25) is 0 Å². The molecule has 0 bridgehead atoms. The third-order valence-electron chi connectivity index (χ3n) is 4.54. The Morgan fingerprint density at radius 1 is 0.968 bits per heavy atom. The molecule has 0 amide bonds. The van der Waals surface area contributed by atoms with Gasteiger partial charge in [-0.25, -0.2) is 4.98 Å². The molecule has 0 saturated carbocycles. The van der Waals surface area contributed by atoms with Gasteiger partial charge in [0.05, 0.1) is 33.8 Å². The van der Waals surface area contributed by atoms with E-state index in [1.54, 1.807) is 11.3 Å². The molecule has 5 aromatic rings. The lowest BCUT2D eigenvalue weighted by molar-refractivity contribution is 1.09. The average molecular weight is 432 g/mol. The molecule has 31 heavy (non-hydrogen) atoms. The van der Waals surface area contributed by atoms with Crippen LogP contribution in [0.15, 0.2) is 72.5 Å². The topological polar surface area (TPSA) is 58.0 Å². The van der Waals surface area contributed by atoms with E-state index in [9.17, 15) is 0 Å². The Balaban J connectivity index is 0.000000645. The molecule has 0 fully saturated rings. The Labute approximate surface area is 187 Å². The largest absolute Gasteiger partial charge is 0.354 e. The van der Waals surface area contributed by atoms with E-state index >= 15 is 0 Å². The van der Waals surface area contributed by atoms with Crippen LogP contribution in [-0.4, -0.2) is 19.6 Å². The second-order valence-corrected chi connectivity index (χ2v) is 7.40. The first kappa shape index (κ1) is 22.3. The highest BCUT2D eigenvalue weighted by atomic mass is 32.1. The molecule has 5 rings (SSSR count). The summed E-state index contributed by atoms with van der Waals surface area (Å²) in [6, 6.07) is 16.7. The van der Waals surface area contributed by atoms with Gasteiger partial charge in [-0.3, -0.25) is 5.10 Å². The number of nitrogens with one attached hydrogen (secondary N) is 2. The van der Waals surface area contributed by atoms with E-state index in [1.165, 1.54) is 0 Å². The van der Waals surface area contributed by atoms with Gasteiger partial charge in [0.2, 0.25) is 0 Å². The quantitative estimate of drug-likeness (QED) is 0.309. The van der Waals surface area contributed by atoms with Gasteiger partial charge in [0.1, 0.15) is 0 Å². The third-order valence-corrected chi connectivity index (χ3v) is 5.32. The Morgan fingerprint density at radius 3 is 2.52 bits per heavy atom. The highest BCUT2D eigenvalue weighted by Crippen LogP contribution is 2.30. The minimum Gasteiger partial charge on any atom is -0.354 e. The van der Waals surface area contributed by atoms with E-state index < -0.39 is 0 Å². The second-order valence-electron chi connectivity index (χ2n) is 6.34. The number of aromatic nitrogens is 4. The Bertz CT molecular complexity index is 1220. The lowest BCUT2D eigenvalue weighted by atomic mass is 10.1. The van der Waals surface area contributed by atoms with Crippen molar-refractivity contribution in [3.05, 3.63) is 77.5 Å². The zero-order valence-electron chi connectivity index (χ0n) is 18.7. The molecule has 6 heteroatoms. The first-order valence-electron chi connectivity index (χ1n) is 10.7. The van der Waals surface area contributed by atoms with Crippen LogP contribution in [0.1, 0.15) is 32.7 Å². The molecule has 5 nitrogen and oxygen atoms in total. The number of rotatable bonds is 4. The summed E-state index contributed by atoms with van der Waals surface area (Å²) in [7, 11) is 0. The van der Waals surface area contributed by atoms with E-state index in [0.29, 0.717) is 0 Å². The van der Waals surface area contributed by atoms with Crippen LogP contribution in [0.25, 0.3) is 28.0 Å². The number of hydrogen-bond donors (Lipinski definition) is 2. The van der Waals surface area contributed by atoms with Gasteiger partial charge in [0, 0.05) is 34.6 Å². The number of anilines is 2. The number of nitrogens with zero attached hydrogens (tertiary/aromatic N) is 3. The monoisotopic (exact) mass is 431 g/mol. The average Bonchev–Trinajstić information content (AvgIpc) is 3.58. The van der Waals surface area contributed by atoms with Crippen molar-refractivity contribution in [3.63, 3.8) is 0 Å². The lowest BCUT2D eigenvalue weighted by Gasteiger charge is -2.10. The summed E-state index contributed by atoms with van der Waals surface area (Å²) in [5.74, 6) is 0. The summed E-state index contributed by atoms with van der Waals surface area (Å²) >= 11 is 1.67. The number of aryl methyl sites for hydroxylation is 1. The molecular formula is C25H29N5S. The van der Waals surface area contributed by atoms with Crippen molar-refractivity contribution in [2.24, 2.45) is 0 Å². The molecule has 0 saturated heterocycles. The predicted molar refractivity (Wildman–Crippen MR) is 133 cm³/mol. The number of benzene rings is 1. The summed E-state index contributed by atoms with van der Waals surface area (Å²) in [5, 5.41) is 13.7. The number of pyridine rings is 1. The molecule has 4 heterocycles. The minimum atomic E-state index is 1.02. The van der Waals surface area contributed by atoms with Crippen LogP contribution in [0.3, 0.4) is 0 Å². The Hall–Kier alpha value is -3.38. The zero-order chi connectivity index (χ0) is 22.2. The van der Waals surface area contributed by atoms with Crippen molar-refractivity contribution >= 4 is 28.2 Å². The van der Waals surface area contributed by atoms with Gasteiger partial charge in [-0.05, 0) is 43.3 Å². The number of thiazole rings is 1. The van der Waals surface area contributed by atoms with Gasteiger partial charge in [-0.1, -0.05) is 39.8 Å². The number of H-pyrrole nitrogens is 1. The standard InChI is InChI=1S/C21H17N5S.2C2H6/c1-14-24-19(13-27-14)15-4-2-5-17(10-15)25-18-6-3-9-26-20(7-8-21(18)26)16-11-22-23-12-16;2*1-2/h2-13,25H,1H3,(H,22,23);2*1-2H3. The van der Waals surface area contributed by atoms with Crippen molar-refractivity contribution in [3.8, 4) is 22.5 Å². The minimum absolute atomic E-state index is 1.02. The van der Waals surface area contributed by atoms with Crippen LogP contribution in [0, 0.1) is 6.92 Å². The Kier molecular flexibility index (Phi) is 7.62. The van der Waals surface area contributed by atoms with E-state index in [4.69, 9.17) is 0 Å². The summed E-state index contributed by atoms with van der Waals surface area (Å²) < 4.78 is 2.17. The molecular weight excluding hydrogens is 402 g/mol. The number of fused-ring (bicyclic) bond motifs is 1.